The summed E-state index contributed by atoms with van der Waals surface area (Å²) in [5.74, 6) is -1.11. The van der Waals surface area contributed by atoms with Gasteiger partial charge in [-0.2, -0.15) is 0 Å². The van der Waals surface area contributed by atoms with E-state index >= 15 is 0 Å². The Kier molecular flexibility index (Phi) is 4.10. The molecule has 2 aromatic rings. The normalized spacial score (nSPS) is 10.7. The highest BCUT2D eigenvalue weighted by molar-refractivity contribution is 5.94. The van der Waals surface area contributed by atoms with Crippen LogP contribution in [0, 0.1) is 5.82 Å². The summed E-state index contributed by atoms with van der Waals surface area (Å²) < 4.78 is 17.7. The van der Waals surface area contributed by atoms with Crippen molar-refractivity contribution in [3.8, 4) is 5.75 Å². The molecular weight excluding hydrogens is 261 g/mol. The Labute approximate surface area is 115 Å². The summed E-state index contributed by atoms with van der Waals surface area (Å²) in [4.78, 5) is 15.2. The fourth-order valence-electron chi connectivity index (χ4n) is 1.65. The van der Waals surface area contributed by atoms with E-state index in [0.717, 1.165) is 0 Å². The summed E-state index contributed by atoms with van der Waals surface area (Å²) in [6.45, 7) is 0. The second-order valence-electron chi connectivity index (χ2n) is 4.00. The quantitative estimate of drug-likeness (QED) is 0.870. The van der Waals surface area contributed by atoms with Gasteiger partial charge in [0.1, 0.15) is 17.1 Å². The van der Waals surface area contributed by atoms with Crippen molar-refractivity contribution in [3.05, 3.63) is 59.4 Å². The molecule has 0 bridgehead atoms. The zero-order chi connectivity index (χ0) is 14.5. The summed E-state index contributed by atoms with van der Waals surface area (Å²) in [5.41, 5.74) is 1.27. The average molecular weight is 273 g/mol. The molecule has 0 amide bonds. The summed E-state index contributed by atoms with van der Waals surface area (Å²) in [7, 11) is 1.41. The third kappa shape index (κ3) is 3.20. The molecule has 0 atom stereocenters. The first-order valence-corrected chi connectivity index (χ1v) is 5.81. The maximum Gasteiger partial charge on any atom is 0.339 e. The molecule has 0 aliphatic heterocycles. The first kappa shape index (κ1) is 13.7. The maximum atomic E-state index is 12.7. The van der Waals surface area contributed by atoms with Gasteiger partial charge in [-0.25, -0.2) is 9.18 Å². The number of benzene rings is 2. The summed E-state index contributed by atoms with van der Waals surface area (Å²) in [6.07, 6.45) is 1.51. The first-order chi connectivity index (χ1) is 9.60. The molecule has 0 radical (unpaired) electrons. The van der Waals surface area contributed by atoms with Gasteiger partial charge in [-0.15, -0.1) is 0 Å². The number of rotatable bonds is 4. The van der Waals surface area contributed by atoms with Gasteiger partial charge < -0.3 is 9.84 Å². The molecule has 20 heavy (non-hydrogen) atoms. The lowest BCUT2D eigenvalue weighted by Gasteiger charge is -2.05. The zero-order valence-electron chi connectivity index (χ0n) is 10.7. The van der Waals surface area contributed by atoms with Crippen molar-refractivity contribution in [3.63, 3.8) is 0 Å². The lowest BCUT2D eigenvalue weighted by atomic mass is 10.1. The molecule has 0 aliphatic rings. The number of hydrogen-bond acceptors (Lipinski definition) is 3. The van der Waals surface area contributed by atoms with Crippen LogP contribution in [0.3, 0.4) is 0 Å². The fourth-order valence-corrected chi connectivity index (χ4v) is 1.65. The maximum absolute atomic E-state index is 12.7. The van der Waals surface area contributed by atoms with E-state index in [1.54, 1.807) is 12.1 Å². The lowest BCUT2D eigenvalue weighted by Crippen LogP contribution is -2.01. The molecule has 0 aliphatic carbocycles. The van der Waals surface area contributed by atoms with Gasteiger partial charge in [0.25, 0.3) is 0 Å². The number of nitrogens with zero attached hydrogens (tertiary/aromatic N) is 1. The van der Waals surface area contributed by atoms with Crippen molar-refractivity contribution in [2.24, 2.45) is 4.99 Å². The molecule has 1 N–H and O–H groups in total. The minimum atomic E-state index is -1.07. The van der Waals surface area contributed by atoms with Crippen LogP contribution in [0.15, 0.2) is 47.5 Å². The number of carboxylic acid groups (broad SMARTS) is 1. The predicted molar refractivity (Wildman–Crippen MR) is 73.6 cm³/mol. The average Bonchev–Trinajstić information content (AvgIpc) is 2.46. The van der Waals surface area contributed by atoms with E-state index in [1.807, 2.05) is 0 Å². The van der Waals surface area contributed by atoms with E-state index in [0.29, 0.717) is 11.3 Å². The van der Waals surface area contributed by atoms with E-state index in [4.69, 9.17) is 9.84 Å². The minimum Gasteiger partial charge on any atom is -0.496 e. The van der Waals surface area contributed by atoms with E-state index < -0.39 is 5.97 Å². The van der Waals surface area contributed by atoms with E-state index in [9.17, 15) is 9.18 Å². The van der Waals surface area contributed by atoms with Crippen LogP contribution in [0.25, 0.3) is 0 Å². The van der Waals surface area contributed by atoms with Gasteiger partial charge in [-0.3, -0.25) is 4.99 Å². The van der Waals surface area contributed by atoms with Gasteiger partial charge in [0.05, 0.1) is 12.8 Å². The van der Waals surface area contributed by atoms with Gasteiger partial charge in [0.2, 0.25) is 0 Å². The molecule has 0 aromatic heterocycles. The van der Waals surface area contributed by atoms with Crippen molar-refractivity contribution < 1.29 is 19.0 Å². The Hall–Kier alpha value is -2.69. The summed E-state index contributed by atoms with van der Waals surface area (Å²) >= 11 is 0. The molecular formula is C15H12FNO3. The number of aliphatic imine (C=N–C) groups is 1. The molecule has 0 heterocycles. The van der Waals surface area contributed by atoms with Crippen LogP contribution in [0.5, 0.6) is 5.75 Å². The van der Waals surface area contributed by atoms with Gasteiger partial charge in [-0.1, -0.05) is 0 Å². The van der Waals surface area contributed by atoms with Gasteiger partial charge in [0, 0.05) is 6.21 Å². The van der Waals surface area contributed by atoms with Crippen LogP contribution in [-0.2, 0) is 0 Å². The Bertz CT molecular complexity index is 651. The Morgan fingerprint density at radius 3 is 2.55 bits per heavy atom. The molecule has 0 spiro atoms. The molecule has 0 unspecified atom stereocenters. The smallest absolute Gasteiger partial charge is 0.339 e. The number of carbonyl (C=O) groups is 1. The molecule has 0 saturated heterocycles. The molecule has 2 aromatic carbocycles. The lowest BCUT2D eigenvalue weighted by molar-refractivity contribution is 0.0693. The highest BCUT2D eigenvalue weighted by atomic mass is 19.1. The van der Waals surface area contributed by atoms with Gasteiger partial charge in [0.15, 0.2) is 0 Å². The van der Waals surface area contributed by atoms with Crippen molar-refractivity contribution in [2.75, 3.05) is 7.11 Å². The number of hydrogen-bond donors (Lipinski definition) is 1. The van der Waals surface area contributed by atoms with Crippen LogP contribution in [0.2, 0.25) is 0 Å². The zero-order valence-corrected chi connectivity index (χ0v) is 10.7. The topological polar surface area (TPSA) is 58.9 Å². The summed E-state index contributed by atoms with van der Waals surface area (Å²) in [5, 5.41) is 9.07. The van der Waals surface area contributed by atoms with Gasteiger partial charge in [-0.05, 0) is 48.0 Å². The Morgan fingerprint density at radius 2 is 1.95 bits per heavy atom. The van der Waals surface area contributed by atoms with Crippen molar-refractivity contribution in [2.45, 2.75) is 0 Å². The SMILES string of the molecule is COc1ccc(C=Nc2ccc(F)cc2)cc1C(=O)O. The second-order valence-corrected chi connectivity index (χ2v) is 4.00. The van der Waals surface area contributed by atoms with E-state index in [1.165, 1.54) is 43.7 Å². The minimum absolute atomic E-state index is 0.0653. The highest BCUT2D eigenvalue weighted by Gasteiger charge is 2.10. The molecule has 0 saturated carbocycles. The molecule has 102 valence electrons. The molecule has 4 nitrogen and oxygen atoms in total. The second kappa shape index (κ2) is 5.97. The molecule has 2 rings (SSSR count). The van der Waals surface area contributed by atoms with E-state index in [2.05, 4.69) is 4.99 Å². The standard InChI is InChI=1S/C15H12FNO3/c1-20-14-7-2-10(8-13(14)15(18)19)9-17-12-5-3-11(16)4-6-12/h2-9H,1H3,(H,18,19). The largest absolute Gasteiger partial charge is 0.496 e. The van der Waals surface area contributed by atoms with Crippen LogP contribution < -0.4 is 4.74 Å². The third-order valence-corrected chi connectivity index (χ3v) is 2.64. The van der Waals surface area contributed by atoms with Gasteiger partial charge >= 0.3 is 5.97 Å². The van der Waals surface area contributed by atoms with Crippen molar-refractivity contribution in [1.29, 1.82) is 0 Å². The number of carboxylic acids is 1. The highest BCUT2D eigenvalue weighted by Crippen LogP contribution is 2.20. The monoisotopic (exact) mass is 273 g/mol. The number of halogens is 1. The Morgan fingerprint density at radius 1 is 1.25 bits per heavy atom. The van der Waals surface area contributed by atoms with Crippen LogP contribution in [0.4, 0.5) is 10.1 Å². The van der Waals surface area contributed by atoms with Crippen molar-refractivity contribution >= 4 is 17.9 Å². The van der Waals surface area contributed by atoms with Crippen molar-refractivity contribution in [1.82, 2.24) is 0 Å². The molecule has 0 fully saturated rings. The fraction of sp³-hybridized carbons (Fsp3) is 0.0667. The molecule has 5 heteroatoms. The number of methoxy groups -OCH3 is 1. The number of aromatic carboxylic acids is 1. The Balaban J connectivity index is 2.27. The van der Waals surface area contributed by atoms with Crippen LogP contribution in [-0.4, -0.2) is 24.4 Å². The van der Waals surface area contributed by atoms with Crippen LogP contribution >= 0.6 is 0 Å². The van der Waals surface area contributed by atoms with E-state index in [-0.39, 0.29) is 17.1 Å². The number of ether oxygens (including phenoxy) is 1. The van der Waals surface area contributed by atoms with Crippen LogP contribution in [0.1, 0.15) is 15.9 Å². The summed E-state index contributed by atoms with van der Waals surface area (Å²) in [6, 6.07) is 10.4. The third-order valence-electron chi connectivity index (χ3n) is 2.64. The predicted octanol–water partition coefficient (Wildman–Crippen LogP) is 3.28. The first-order valence-electron chi connectivity index (χ1n) is 5.81.